The monoisotopic (exact) mass is 393 g/mol. The summed E-state index contributed by atoms with van der Waals surface area (Å²) in [6, 6.07) is 15.4. The van der Waals surface area contributed by atoms with Gasteiger partial charge >= 0.3 is 0 Å². The molecule has 0 aliphatic carbocycles. The number of aliphatic hydroxyl groups excluding tert-OH is 1. The van der Waals surface area contributed by atoms with Crippen LogP contribution in [0.1, 0.15) is 26.8 Å². The Hall–Kier alpha value is -3.25. The zero-order chi connectivity index (χ0) is 19.8. The molecule has 0 radical (unpaired) electrons. The number of para-hydroxylation sites is 1. The number of aryl methyl sites for hydroxylation is 1. The fourth-order valence-corrected chi connectivity index (χ4v) is 4.10. The van der Waals surface area contributed by atoms with Gasteiger partial charge in [-0.05, 0) is 47.7 Å². The molecule has 0 bridgehead atoms. The molecule has 4 rings (SSSR count). The van der Waals surface area contributed by atoms with Gasteiger partial charge in [-0.2, -0.15) is 0 Å². The number of hydrogen-bond acceptors (Lipinski definition) is 4. The third-order valence-corrected chi connectivity index (χ3v) is 5.63. The lowest BCUT2D eigenvalue weighted by atomic mass is 9.95. The van der Waals surface area contributed by atoms with Crippen LogP contribution in [0.2, 0.25) is 0 Å². The Bertz CT molecular complexity index is 1090. The molecule has 2 aromatic carbocycles. The summed E-state index contributed by atoms with van der Waals surface area (Å²) < 4.78 is 13.5. The molecule has 1 N–H and O–H groups in total. The number of aliphatic hydroxyl groups is 1. The normalized spacial score (nSPS) is 16.7. The lowest BCUT2D eigenvalue weighted by Gasteiger charge is -2.28. The van der Waals surface area contributed by atoms with Gasteiger partial charge in [0.05, 0.1) is 16.5 Å². The smallest absolute Gasteiger partial charge is 0.294 e. The van der Waals surface area contributed by atoms with Gasteiger partial charge in [0.1, 0.15) is 5.82 Å². The van der Waals surface area contributed by atoms with Crippen molar-refractivity contribution in [3.63, 3.8) is 0 Å². The first-order chi connectivity index (χ1) is 13.5. The zero-order valence-electron chi connectivity index (χ0n) is 14.9. The van der Waals surface area contributed by atoms with Crippen LogP contribution < -0.4 is 4.90 Å². The SMILES string of the molecule is Cc1ccccc1N1C(=O)C(O)=C(C(=O)c2cccs2)C1c1ccc(F)cc1. The first-order valence-electron chi connectivity index (χ1n) is 8.65. The molecule has 1 aromatic heterocycles. The number of carbonyl (C=O) groups excluding carboxylic acids is 2. The number of benzene rings is 2. The van der Waals surface area contributed by atoms with Crippen molar-refractivity contribution < 1.29 is 19.1 Å². The van der Waals surface area contributed by atoms with Gasteiger partial charge < -0.3 is 5.11 Å². The van der Waals surface area contributed by atoms with Crippen LogP contribution in [0.15, 0.2) is 77.4 Å². The topological polar surface area (TPSA) is 57.6 Å². The van der Waals surface area contributed by atoms with Crippen molar-refractivity contribution in [3.05, 3.63) is 99.2 Å². The molecule has 1 amide bonds. The number of carbonyl (C=O) groups is 2. The molecule has 1 unspecified atom stereocenters. The first-order valence-corrected chi connectivity index (χ1v) is 9.53. The number of rotatable bonds is 4. The number of Topliss-reactive ketones (excluding diaryl/α,β-unsaturated/α-hetero) is 1. The molecule has 1 atom stereocenters. The molecule has 140 valence electrons. The van der Waals surface area contributed by atoms with Gasteiger partial charge in [-0.3, -0.25) is 14.5 Å². The van der Waals surface area contributed by atoms with Crippen LogP contribution in [-0.4, -0.2) is 16.8 Å². The molecule has 1 aliphatic heterocycles. The molecule has 3 aromatic rings. The Morgan fingerprint density at radius 3 is 2.43 bits per heavy atom. The number of hydrogen-bond donors (Lipinski definition) is 1. The van der Waals surface area contributed by atoms with Gasteiger partial charge in [-0.25, -0.2) is 4.39 Å². The van der Waals surface area contributed by atoms with Crippen LogP contribution in [-0.2, 0) is 4.79 Å². The average molecular weight is 393 g/mol. The van der Waals surface area contributed by atoms with Gasteiger partial charge in [0.15, 0.2) is 5.76 Å². The highest BCUT2D eigenvalue weighted by atomic mass is 32.1. The summed E-state index contributed by atoms with van der Waals surface area (Å²) >= 11 is 1.24. The van der Waals surface area contributed by atoms with Gasteiger partial charge in [-0.15, -0.1) is 11.3 Å². The molecule has 6 heteroatoms. The lowest BCUT2D eigenvalue weighted by Crippen LogP contribution is -2.31. The summed E-state index contributed by atoms with van der Waals surface area (Å²) in [5.41, 5.74) is 1.95. The molecule has 28 heavy (non-hydrogen) atoms. The van der Waals surface area contributed by atoms with Crippen molar-refractivity contribution in [1.29, 1.82) is 0 Å². The van der Waals surface area contributed by atoms with Gasteiger partial charge in [0.25, 0.3) is 5.91 Å². The summed E-state index contributed by atoms with van der Waals surface area (Å²) in [7, 11) is 0. The van der Waals surface area contributed by atoms with E-state index in [9.17, 15) is 19.1 Å². The number of thiophene rings is 1. The molecular weight excluding hydrogens is 377 g/mol. The Morgan fingerprint density at radius 1 is 1.07 bits per heavy atom. The fraction of sp³-hybridized carbons (Fsp3) is 0.0909. The fourth-order valence-electron chi connectivity index (χ4n) is 3.42. The first kappa shape index (κ1) is 18.1. The Labute approximate surface area is 165 Å². The highest BCUT2D eigenvalue weighted by Gasteiger charge is 2.45. The largest absolute Gasteiger partial charge is 0.503 e. The van der Waals surface area contributed by atoms with E-state index in [1.165, 1.54) is 40.5 Å². The van der Waals surface area contributed by atoms with Crippen molar-refractivity contribution >= 4 is 28.7 Å². The summed E-state index contributed by atoms with van der Waals surface area (Å²) in [5, 5.41) is 12.4. The maximum Gasteiger partial charge on any atom is 0.294 e. The predicted octanol–water partition coefficient (Wildman–Crippen LogP) is 4.98. The van der Waals surface area contributed by atoms with Crippen LogP contribution in [0, 0.1) is 12.7 Å². The maximum atomic E-state index is 13.5. The third-order valence-electron chi connectivity index (χ3n) is 4.76. The van der Waals surface area contributed by atoms with Crippen molar-refractivity contribution in [2.24, 2.45) is 0 Å². The van der Waals surface area contributed by atoms with E-state index in [0.717, 1.165) is 5.56 Å². The third kappa shape index (κ3) is 2.92. The Morgan fingerprint density at radius 2 is 1.79 bits per heavy atom. The molecule has 4 nitrogen and oxygen atoms in total. The summed E-state index contributed by atoms with van der Waals surface area (Å²) in [6.07, 6.45) is 0. The second kappa shape index (κ2) is 7.05. The summed E-state index contributed by atoms with van der Waals surface area (Å²) in [5.74, 6) is -2.05. The number of amides is 1. The lowest BCUT2D eigenvalue weighted by molar-refractivity contribution is -0.117. The van der Waals surface area contributed by atoms with Crippen molar-refractivity contribution in [2.75, 3.05) is 4.90 Å². The van der Waals surface area contributed by atoms with Gasteiger partial charge in [0, 0.05) is 5.69 Å². The molecule has 0 spiro atoms. The van der Waals surface area contributed by atoms with Crippen molar-refractivity contribution in [3.8, 4) is 0 Å². The molecule has 1 aliphatic rings. The minimum absolute atomic E-state index is 0.00214. The Kier molecular flexibility index (Phi) is 4.57. The molecule has 0 fully saturated rings. The predicted molar refractivity (Wildman–Crippen MR) is 106 cm³/mol. The number of halogens is 1. The standard InChI is InChI=1S/C22H16FNO3S/c1-13-5-2-3-6-16(13)24-19(14-8-10-15(23)11-9-14)18(21(26)22(24)27)20(25)17-7-4-12-28-17/h2-12,19,26H,1H3. The van der Waals surface area contributed by atoms with E-state index in [4.69, 9.17) is 0 Å². The van der Waals surface area contributed by atoms with Crippen LogP contribution in [0.25, 0.3) is 0 Å². The minimum atomic E-state index is -0.844. The summed E-state index contributed by atoms with van der Waals surface area (Å²) in [4.78, 5) is 27.9. The van der Waals surface area contributed by atoms with Crippen LogP contribution in [0.3, 0.4) is 0 Å². The van der Waals surface area contributed by atoms with E-state index in [2.05, 4.69) is 0 Å². The zero-order valence-corrected chi connectivity index (χ0v) is 15.7. The average Bonchev–Trinajstić information content (AvgIpc) is 3.31. The highest BCUT2D eigenvalue weighted by Crippen LogP contribution is 2.43. The Balaban J connectivity index is 1.91. The van der Waals surface area contributed by atoms with Crippen molar-refractivity contribution in [1.82, 2.24) is 0 Å². The second-order valence-corrected chi connectivity index (χ2v) is 7.43. The molecule has 0 saturated carbocycles. The van der Waals surface area contributed by atoms with E-state index < -0.39 is 29.3 Å². The van der Waals surface area contributed by atoms with Crippen molar-refractivity contribution in [2.45, 2.75) is 13.0 Å². The van der Waals surface area contributed by atoms with Crippen LogP contribution >= 0.6 is 11.3 Å². The van der Waals surface area contributed by atoms with Crippen LogP contribution in [0.5, 0.6) is 0 Å². The van der Waals surface area contributed by atoms with Gasteiger partial charge in [0.2, 0.25) is 5.78 Å². The van der Waals surface area contributed by atoms with E-state index >= 15 is 0 Å². The minimum Gasteiger partial charge on any atom is -0.503 e. The molecule has 0 saturated heterocycles. The number of nitrogens with zero attached hydrogens (tertiary/aromatic N) is 1. The molecular formula is C22H16FNO3S. The molecule has 2 heterocycles. The van der Waals surface area contributed by atoms with E-state index in [0.29, 0.717) is 16.1 Å². The van der Waals surface area contributed by atoms with E-state index in [1.54, 1.807) is 29.6 Å². The second-order valence-electron chi connectivity index (χ2n) is 6.48. The van der Waals surface area contributed by atoms with Gasteiger partial charge in [-0.1, -0.05) is 36.4 Å². The highest BCUT2D eigenvalue weighted by molar-refractivity contribution is 7.12. The number of ketones is 1. The quantitative estimate of drug-likeness (QED) is 0.636. The van der Waals surface area contributed by atoms with E-state index in [1.807, 2.05) is 19.1 Å². The van der Waals surface area contributed by atoms with E-state index in [-0.39, 0.29) is 5.57 Å². The number of anilines is 1. The maximum absolute atomic E-state index is 13.5. The summed E-state index contributed by atoms with van der Waals surface area (Å²) in [6.45, 7) is 1.85. The van der Waals surface area contributed by atoms with Crippen LogP contribution in [0.4, 0.5) is 10.1 Å².